The monoisotopic (exact) mass is 176 g/mol. The Labute approximate surface area is 79.9 Å². The van der Waals surface area contributed by atoms with E-state index in [1.807, 2.05) is 18.2 Å². The molecule has 0 radical (unpaired) electrons. The molecule has 1 aromatic rings. The first-order valence-corrected chi connectivity index (χ1v) is 4.56. The first kappa shape index (κ1) is 9.78. The Bertz CT molecular complexity index is 281. The fourth-order valence-electron chi connectivity index (χ4n) is 1.29. The van der Waals surface area contributed by atoms with Crippen LogP contribution < -0.4 is 4.90 Å². The van der Waals surface area contributed by atoms with Crippen LogP contribution in [0, 0.1) is 0 Å². The molecule has 0 aliphatic rings. The smallest absolute Gasteiger partial charge is 0.0643 e. The molecule has 0 aliphatic heterocycles. The van der Waals surface area contributed by atoms with Gasteiger partial charge < -0.3 is 4.90 Å². The SMILES string of the molecule is C=Nc1cccc(N(C)CCC)c1. The van der Waals surface area contributed by atoms with Crippen molar-refractivity contribution in [1.82, 2.24) is 0 Å². The number of nitrogens with zero attached hydrogens (tertiary/aromatic N) is 2. The van der Waals surface area contributed by atoms with Crippen LogP contribution in [0.5, 0.6) is 0 Å². The lowest BCUT2D eigenvalue weighted by Crippen LogP contribution is -2.17. The third kappa shape index (κ3) is 2.58. The second kappa shape index (κ2) is 4.65. The van der Waals surface area contributed by atoms with Crippen molar-refractivity contribution in [3.63, 3.8) is 0 Å². The van der Waals surface area contributed by atoms with Crippen molar-refractivity contribution in [3.8, 4) is 0 Å². The Balaban J connectivity index is 2.81. The number of hydrogen-bond donors (Lipinski definition) is 0. The number of aliphatic imine (C=N–C) groups is 1. The van der Waals surface area contributed by atoms with Crippen LogP contribution in [0.25, 0.3) is 0 Å². The molecule has 0 atom stereocenters. The van der Waals surface area contributed by atoms with Gasteiger partial charge in [-0.25, -0.2) is 0 Å². The highest BCUT2D eigenvalue weighted by atomic mass is 15.1. The highest BCUT2D eigenvalue weighted by Crippen LogP contribution is 2.19. The van der Waals surface area contributed by atoms with E-state index in [1.54, 1.807) is 0 Å². The molecule has 0 aromatic heterocycles. The van der Waals surface area contributed by atoms with Crippen molar-refractivity contribution in [3.05, 3.63) is 24.3 Å². The second-order valence-electron chi connectivity index (χ2n) is 3.10. The van der Waals surface area contributed by atoms with Gasteiger partial charge in [-0.15, -0.1) is 0 Å². The van der Waals surface area contributed by atoms with Crippen LogP contribution in [0.2, 0.25) is 0 Å². The lowest BCUT2D eigenvalue weighted by Gasteiger charge is -2.18. The van der Waals surface area contributed by atoms with Gasteiger partial charge in [0, 0.05) is 19.3 Å². The van der Waals surface area contributed by atoms with Crippen molar-refractivity contribution in [1.29, 1.82) is 0 Å². The van der Waals surface area contributed by atoms with Crippen molar-refractivity contribution in [2.45, 2.75) is 13.3 Å². The van der Waals surface area contributed by atoms with Crippen LogP contribution in [-0.4, -0.2) is 20.3 Å². The zero-order valence-corrected chi connectivity index (χ0v) is 8.33. The summed E-state index contributed by atoms with van der Waals surface area (Å²) in [7, 11) is 2.09. The average Bonchev–Trinajstić information content (AvgIpc) is 2.18. The molecule has 0 spiro atoms. The van der Waals surface area contributed by atoms with Crippen molar-refractivity contribution < 1.29 is 0 Å². The van der Waals surface area contributed by atoms with Crippen molar-refractivity contribution in [2.75, 3.05) is 18.5 Å². The molecule has 0 fully saturated rings. The summed E-state index contributed by atoms with van der Waals surface area (Å²) in [4.78, 5) is 6.11. The molecular weight excluding hydrogens is 160 g/mol. The normalized spacial score (nSPS) is 9.69. The lowest BCUT2D eigenvalue weighted by molar-refractivity contribution is 0.852. The van der Waals surface area contributed by atoms with E-state index in [-0.39, 0.29) is 0 Å². The maximum Gasteiger partial charge on any atom is 0.0643 e. The van der Waals surface area contributed by atoms with Crippen LogP contribution >= 0.6 is 0 Å². The Morgan fingerprint density at radius 2 is 2.23 bits per heavy atom. The maximum absolute atomic E-state index is 3.90. The van der Waals surface area contributed by atoms with Crippen molar-refractivity contribution in [2.24, 2.45) is 4.99 Å². The fraction of sp³-hybridized carbons (Fsp3) is 0.364. The van der Waals surface area contributed by atoms with Gasteiger partial charge in [0.25, 0.3) is 0 Å². The van der Waals surface area contributed by atoms with E-state index in [0.717, 1.165) is 18.7 Å². The predicted octanol–water partition coefficient (Wildman–Crippen LogP) is 2.86. The molecule has 2 nitrogen and oxygen atoms in total. The van der Waals surface area contributed by atoms with Gasteiger partial charge in [0.2, 0.25) is 0 Å². The molecule has 1 aromatic carbocycles. The van der Waals surface area contributed by atoms with Crippen LogP contribution in [-0.2, 0) is 0 Å². The van der Waals surface area contributed by atoms with Crippen LogP contribution in [0.3, 0.4) is 0 Å². The van der Waals surface area contributed by atoms with Gasteiger partial charge in [-0.05, 0) is 31.3 Å². The summed E-state index contributed by atoms with van der Waals surface area (Å²) in [5, 5.41) is 0. The van der Waals surface area contributed by atoms with Gasteiger partial charge in [0.1, 0.15) is 0 Å². The standard InChI is InChI=1S/C11H16N2/c1-4-8-13(3)11-7-5-6-10(9-11)12-2/h5-7,9H,2,4,8H2,1,3H3. The molecular formula is C11H16N2. The molecule has 0 bridgehead atoms. The average molecular weight is 176 g/mol. The van der Waals surface area contributed by atoms with Gasteiger partial charge in [-0.2, -0.15) is 0 Å². The lowest BCUT2D eigenvalue weighted by atomic mass is 10.2. The highest BCUT2D eigenvalue weighted by molar-refractivity contribution is 5.57. The van der Waals surface area contributed by atoms with E-state index in [9.17, 15) is 0 Å². The third-order valence-electron chi connectivity index (χ3n) is 2.01. The van der Waals surface area contributed by atoms with E-state index in [2.05, 4.69) is 36.6 Å². The summed E-state index contributed by atoms with van der Waals surface area (Å²) >= 11 is 0. The summed E-state index contributed by atoms with van der Waals surface area (Å²) in [6.07, 6.45) is 1.16. The van der Waals surface area contributed by atoms with Crippen LogP contribution in [0.1, 0.15) is 13.3 Å². The quantitative estimate of drug-likeness (QED) is 0.644. The summed E-state index contributed by atoms with van der Waals surface area (Å²) in [6.45, 7) is 6.75. The van der Waals surface area contributed by atoms with E-state index >= 15 is 0 Å². The summed E-state index contributed by atoms with van der Waals surface area (Å²) in [6, 6.07) is 8.09. The molecule has 0 saturated carbocycles. The minimum absolute atomic E-state index is 0.931. The zero-order valence-electron chi connectivity index (χ0n) is 8.33. The van der Waals surface area contributed by atoms with Crippen LogP contribution in [0.15, 0.2) is 29.3 Å². The second-order valence-corrected chi connectivity index (χ2v) is 3.10. The highest BCUT2D eigenvalue weighted by Gasteiger charge is 1.98. The minimum atomic E-state index is 0.931. The van der Waals surface area contributed by atoms with Crippen LogP contribution in [0.4, 0.5) is 11.4 Å². The van der Waals surface area contributed by atoms with Gasteiger partial charge >= 0.3 is 0 Å². The van der Waals surface area contributed by atoms with Gasteiger partial charge in [-0.1, -0.05) is 13.0 Å². The Morgan fingerprint density at radius 1 is 1.46 bits per heavy atom. The summed E-state index contributed by atoms with van der Waals surface area (Å²) in [5.41, 5.74) is 2.13. The van der Waals surface area contributed by atoms with Crippen molar-refractivity contribution >= 4 is 18.1 Å². The maximum atomic E-state index is 3.90. The van der Waals surface area contributed by atoms with Gasteiger partial charge in [-0.3, -0.25) is 4.99 Å². The molecule has 1 rings (SSSR count). The number of benzene rings is 1. The molecule has 0 unspecified atom stereocenters. The molecule has 13 heavy (non-hydrogen) atoms. The summed E-state index contributed by atoms with van der Waals surface area (Å²) < 4.78 is 0. The molecule has 70 valence electrons. The first-order valence-electron chi connectivity index (χ1n) is 4.56. The molecule has 0 aliphatic carbocycles. The summed E-state index contributed by atoms with van der Waals surface area (Å²) in [5.74, 6) is 0. The molecule has 0 saturated heterocycles. The molecule has 0 heterocycles. The Kier molecular flexibility index (Phi) is 3.50. The number of anilines is 1. The first-order chi connectivity index (χ1) is 6.27. The molecule has 0 N–H and O–H groups in total. The largest absolute Gasteiger partial charge is 0.375 e. The van der Waals surface area contributed by atoms with E-state index in [1.165, 1.54) is 5.69 Å². The Hall–Kier alpha value is -1.31. The van der Waals surface area contributed by atoms with Gasteiger partial charge in [0.05, 0.1) is 5.69 Å². The predicted molar refractivity (Wildman–Crippen MR) is 59.2 cm³/mol. The number of hydrogen-bond acceptors (Lipinski definition) is 2. The topological polar surface area (TPSA) is 15.6 Å². The van der Waals surface area contributed by atoms with E-state index in [0.29, 0.717) is 0 Å². The Morgan fingerprint density at radius 3 is 2.85 bits per heavy atom. The number of rotatable bonds is 4. The zero-order chi connectivity index (χ0) is 9.68. The molecule has 0 amide bonds. The minimum Gasteiger partial charge on any atom is -0.375 e. The molecule has 2 heteroatoms. The van der Waals surface area contributed by atoms with Gasteiger partial charge in [0.15, 0.2) is 0 Å². The fourth-order valence-corrected chi connectivity index (χ4v) is 1.29. The van der Waals surface area contributed by atoms with E-state index in [4.69, 9.17) is 0 Å². The third-order valence-corrected chi connectivity index (χ3v) is 2.01. The van der Waals surface area contributed by atoms with E-state index < -0.39 is 0 Å².